The van der Waals surface area contributed by atoms with E-state index >= 15 is 0 Å². The number of carbonyl (C=O) groups is 1. The Morgan fingerprint density at radius 1 is 1.58 bits per heavy atom. The first-order valence-corrected chi connectivity index (χ1v) is 4.21. The molecule has 12 heavy (non-hydrogen) atoms. The summed E-state index contributed by atoms with van der Waals surface area (Å²) in [5.41, 5.74) is 0. The quantitative estimate of drug-likeness (QED) is 0.591. The number of carboxylic acid groups (broad SMARTS) is 1. The normalized spacial score (nSPS) is 9.75. The molecule has 1 heterocycles. The summed E-state index contributed by atoms with van der Waals surface area (Å²) < 4.78 is 25.2. The molecular weight excluding hydrogens is 186 g/mol. The van der Waals surface area contributed by atoms with Gasteiger partial charge in [-0.3, -0.25) is 4.79 Å². The Morgan fingerprint density at radius 2 is 2.08 bits per heavy atom. The van der Waals surface area contributed by atoms with Crippen molar-refractivity contribution in [1.29, 1.82) is 0 Å². The molecule has 6 nitrogen and oxygen atoms in total. The van der Waals surface area contributed by atoms with Gasteiger partial charge >= 0.3 is 0 Å². The molecule has 0 bridgehead atoms. The van der Waals surface area contributed by atoms with Crippen molar-refractivity contribution in [2.45, 2.75) is 5.09 Å². The Morgan fingerprint density at radius 3 is 2.25 bits per heavy atom. The minimum atomic E-state index is -3.63. The molecule has 0 radical (unpaired) electrons. The third-order valence-electron chi connectivity index (χ3n) is 0.775. The number of rotatable bonds is 1. The standard InChI is InChI=1S/C4H5NO3S.CH2O2/c5-9(6,7)4-2-1-3-8-4;2-1-3/h1-3H,(H2,5,6,7);1H,(H,2,3). The average Bonchev–Trinajstić information content (AvgIpc) is 2.36. The minimum absolute atomic E-state index is 0.206. The van der Waals surface area contributed by atoms with Gasteiger partial charge in [-0.2, -0.15) is 0 Å². The van der Waals surface area contributed by atoms with E-state index in [0.29, 0.717) is 0 Å². The Hall–Kier alpha value is -1.34. The van der Waals surface area contributed by atoms with Crippen molar-refractivity contribution >= 4 is 16.5 Å². The first kappa shape index (κ1) is 10.7. The topological polar surface area (TPSA) is 111 Å². The van der Waals surface area contributed by atoms with Crippen LogP contribution < -0.4 is 5.14 Å². The second-order valence-electron chi connectivity index (χ2n) is 1.58. The molecule has 3 N–H and O–H groups in total. The highest BCUT2D eigenvalue weighted by Crippen LogP contribution is 2.04. The molecule has 0 spiro atoms. The number of furan rings is 1. The van der Waals surface area contributed by atoms with Crippen molar-refractivity contribution in [2.75, 3.05) is 0 Å². The van der Waals surface area contributed by atoms with E-state index in [1.807, 2.05) is 0 Å². The Bertz CT molecular complexity index is 314. The van der Waals surface area contributed by atoms with E-state index in [4.69, 9.17) is 9.90 Å². The fraction of sp³-hybridized carbons (Fsp3) is 0. The predicted molar refractivity (Wildman–Crippen MR) is 38.8 cm³/mol. The van der Waals surface area contributed by atoms with Crippen molar-refractivity contribution in [3.05, 3.63) is 18.4 Å². The minimum Gasteiger partial charge on any atom is -0.483 e. The van der Waals surface area contributed by atoms with Gasteiger partial charge in [0.2, 0.25) is 5.09 Å². The van der Waals surface area contributed by atoms with E-state index in [0.717, 1.165) is 0 Å². The lowest BCUT2D eigenvalue weighted by Crippen LogP contribution is -2.10. The van der Waals surface area contributed by atoms with Gasteiger partial charge < -0.3 is 9.52 Å². The fourth-order valence-corrected chi connectivity index (χ4v) is 0.883. The molecule has 0 saturated carbocycles. The lowest BCUT2D eigenvalue weighted by Gasteiger charge is -1.86. The monoisotopic (exact) mass is 193 g/mol. The Kier molecular flexibility index (Phi) is 4.02. The van der Waals surface area contributed by atoms with E-state index in [1.54, 1.807) is 0 Å². The van der Waals surface area contributed by atoms with Gasteiger partial charge in [0.05, 0.1) is 6.26 Å². The summed E-state index contributed by atoms with van der Waals surface area (Å²) in [5, 5.41) is 11.4. The predicted octanol–water partition coefficient (Wildman–Crippen LogP) is -0.372. The van der Waals surface area contributed by atoms with Crippen LogP contribution in [-0.4, -0.2) is 20.0 Å². The molecule has 0 amide bonds. The maximum Gasteiger partial charge on any atom is 0.290 e. The molecule has 0 aliphatic heterocycles. The Balaban J connectivity index is 0.000000354. The van der Waals surface area contributed by atoms with Crippen molar-refractivity contribution in [3.63, 3.8) is 0 Å². The molecular formula is C5H7NO5S. The van der Waals surface area contributed by atoms with Crippen LogP contribution in [0, 0.1) is 0 Å². The molecule has 1 aromatic heterocycles. The zero-order valence-corrected chi connectivity index (χ0v) is 6.69. The summed E-state index contributed by atoms with van der Waals surface area (Å²) in [4.78, 5) is 8.36. The number of hydrogen-bond donors (Lipinski definition) is 2. The van der Waals surface area contributed by atoms with Gasteiger partial charge in [0.15, 0.2) is 0 Å². The molecule has 1 rings (SSSR count). The average molecular weight is 193 g/mol. The van der Waals surface area contributed by atoms with Crippen LogP contribution in [0.2, 0.25) is 0 Å². The SMILES string of the molecule is NS(=O)(=O)c1ccco1.O=CO. The van der Waals surface area contributed by atoms with Crippen LogP contribution in [0.3, 0.4) is 0 Å². The van der Waals surface area contributed by atoms with Crippen LogP contribution in [0.25, 0.3) is 0 Å². The van der Waals surface area contributed by atoms with Crippen LogP contribution in [0.15, 0.2) is 27.9 Å². The lowest BCUT2D eigenvalue weighted by molar-refractivity contribution is -0.122. The van der Waals surface area contributed by atoms with E-state index < -0.39 is 10.0 Å². The molecule has 68 valence electrons. The third-order valence-corrected chi connectivity index (χ3v) is 1.57. The molecule has 0 aromatic carbocycles. The van der Waals surface area contributed by atoms with Crippen LogP contribution in [-0.2, 0) is 14.8 Å². The molecule has 0 unspecified atom stereocenters. The van der Waals surface area contributed by atoms with Crippen LogP contribution in [0.1, 0.15) is 0 Å². The highest BCUT2D eigenvalue weighted by Gasteiger charge is 2.08. The van der Waals surface area contributed by atoms with Crippen LogP contribution in [0.5, 0.6) is 0 Å². The first-order valence-electron chi connectivity index (χ1n) is 2.66. The maximum atomic E-state index is 10.4. The van der Waals surface area contributed by atoms with E-state index in [1.165, 1.54) is 18.4 Å². The summed E-state index contributed by atoms with van der Waals surface area (Å²) in [5.74, 6) is 0. The largest absolute Gasteiger partial charge is 0.483 e. The first-order chi connectivity index (χ1) is 5.52. The molecule has 0 aliphatic carbocycles. The second kappa shape index (κ2) is 4.52. The number of primary sulfonamides is 1. The summed E-state index contributed by atoms with van der Waals surface area (Å²) in [6.07, 6.45) is 1.25. The number of sulfonamides is 1. The second-order valence-corrected chi connectivity index (χ2v) is 3.07. The van der Waals surface area contributed by atoms with Crippen molar-refractivity contribution in [3.8, 4) is 0 Å². The van der Waals surface area contributed by atoms with E-state index in [9.17, 15) is 8.42 Å². The van der Waals surface area contributed by atoms with Crippen molar-refractivity contribution in [2.24, 2.45) is 5.14 Å². The maximum absolute atomic E-state index is 10.4. The van der Waals surface area contributed by atoms with Gasteiger partial charge in [0.25, 0.3) is 16.5 Å². The van der Waals surface area contributed by atoms with Crippen LogP contribution in [0.4, 0.5) is 0 Å². The zero-order chi connectivity index (χ0) is 9.61. The van der Waals surface area contributed by atoms with Gasteiger partial charge in [0.1, 0.15) is 0 Å². The number of hydrogen-bond acceptors (Lipinski definition) is 4. The fourth-order valence-electron chi connectivity index (χ4n) is 0.425. The molecule has 0 fully saturated rings. The summed E-state index contributed by atoms with van der Waals surface area (Å²) in [6.45, 7) is -0.250. The molecule has 0 aliphatic rings. The Labute approximate surface area is 68.7 Å². The van der Waals surface area contributed by atoms with Crippen LogP contribution >= 0.6 is 0 Å². The highest BCUT2D eigenvalue weighted by molar-refractivity contribution is 7.89. The summed E-state index contributed by atoms with van der Waals surface area (Å²) >= 11 is 0. The van der Waals surface area contributed by atoms with Crippen molar-refractivity contribution in [1.82, 2.24) is 0 Å². The third kappa shape index (κ3) is 3.74. The van der Waals surface area contributed by atoms with Crippen molar-refractivity contribution < 1.29 is 22.7 Å². The summed E-state index contributed by atoms with van der Waals surface area (Å²) in [7, 11) is -3.63. The number of nitrogens with two attached hydrogens (primary N) is 1. The van der Waals surface area contributed by atoms with E-state index in [-0.39, 0.29) is 11.6 Å². The molecule has 0 atom stereocenters. The van der Waals surface area contributed by atoms with E-state index in [2.05, 4.69) is 9.56 Å². The van der Waals surface area contributed by atoms with Gasteiger partial charge in [0, 0.05) is 0 Å². The lowest BCUT2D eigenvalue weighted by atomic mass is 10.7. The highest BCUT2D eigenvalue weighted by atomic mass is 32.2. The molecule has 1 aromatic rings. The van der Waals surface area contributed by atoms with Gasteiger partial charge in [-0.25, -0.2) is 13.6 Å². The van der Waals surface area contributed by atoms with Gasteiger partial charge in [-0.1, -0.05) is 0 Å². The zero-order valence-electron chi connectivity index (χ0n) is 5.88. The molecule has 7 heteroatoms. The smallest absolute Gasteiger partial charge is 0.290 e. The van der Waals surface area contributed by atoms with Gasteiger partial charge in [-0.05, 0) is 12.1 Å². The molecule has 0 saturated heterocycles. The van der Waals surface area contributed by atoms with Gasteiger partial charge in [-0.15, -0.1) is 0 Å². The summed E-state index contributed by atoms with van der Waals surface area (Å²) in [6, 6.07) is 2.75.